The second-order valence-corrected chi connectivity index (χ2v) is 5.70. The molecule has 1 atom stereocenters. The summed E-state index contributed by atoms with van der Waals surface area (Å²) in [7, 11) is 0. The lowest BCUT2D eigenvalue weighted by atomic mass is 10.1. The molecule has 1 unspecified atom stereocenters. The van der Waals surface area contributed by atoms with E-state index in [4.69, 9.17) is 11.6 Å². The average Bonchev–Trinajstić information content (AvgIpc) is 2.89. The number of rotatable bonds is 1. The SMILES string of the molecule is O=C1NCC2CN(c3nnc(Cl)c4ccccc34)CCN12. The summed E-state index contributed by atoms with van der Waals surface area (Å²) in [6.45, 7) is 2.91. The number of nitrogens with zero attached hydrogens (tertiary/aromatic N) is 4. The zero-order chi connectivity index (χ0) is 14.4. The molecule has 1 aromatic carbocycles. The van der Waals surface area contributed by atoms with Crippen LogP contribution >= 0.6 is 11.6 Å². The van der Waals surface area contributed by atoms with Crippen molar-refractivity contribution >= 4 is 34.2 Å². The number of amides is 2. The number of hydrogen-bond acceptors (Lipinski definition) is 4. The Bertz CT molecular complexity index is 722. The van der Waals surface area contributed by atoms with Gasteiger partial charge in [-0.3, -0.25) is 0 Å². The second-order valence-electron chi connectivity index (χ2n) is 5.34. The van der Waals surface area contributed by atoms with Crippen LogP contribution in [0.15, 0.2) is 24.3 Å². The van der Waals surface area contributed by atoms with Crippen molar-refractivity contribution in [2.45, 2.75) is 6.04 Å². The van der Waals surface area contributed by atoms with Gasteiger partial charge in [-0.1, -0.05) is 35.9 Å². The zero-order valence-corrected chi connectivity index (χ0v) is 12.0. The highest BCUT2D eigenvalue weighted by molar-refractivity contribution is 6.34. The normalized spacial score (nSPS) is 21.6. The third-order valence-electron chi connectivity index (χ3n) is 4.15. The summed E-state index contributed by atoms with van der Waals surface area (Å²) < 4.78 is 0. The van der Waals surface area contributed by atoms with Crippen LogP contribution in [0.1, 0.15) is 0 Å². The van der Waals surface area contributed by atoms with E-state index in [1.54, 1.807) is 0 Å². The lowest BCUT2D eigenvalue weighted by Crippen LogP contribution is -2.52. The number of fused-ring (bicyclic) bond motifs is 2. The molecule has 2 amide bonds. The molecule has 21 heavy (non-hydrogen) atoms. The fourth-order valence-electron chi connectivity index (χ4n) is 3.09. The highest BCUT2D eigenvalue weighted by Gasteiger charge is 2.36. The molecule has 0 bridgehead atoms. The quantitative estimate of drug-likeness (QED) is 0.867. The molecule has 1 aromatic heterocycles. The molecule has 3 heterocycles. The lowest BCUT2D eigenvalue weighted by molar-refractivity contribution is 0.197. The van der Waals surface area contributed by atoms with Gasteiger partial charge in [-0.05, 0) is 0 Å². The molecule has 0 saturated carbocycles. The maximum absolute atomic E-state index is 11.7. The number of nitrogens with one attached hydrogen (secondary N) is 1. The Kier molecular flexibility index (Phi) is 2.85. The average molecular weight is 304 g/mol. The number of benzene rings is 1. The Labute approximate surface area is 126 Å². The van der Waals surface area contributed by atoms with Gasteiger partial charge in [0.25, 0.3) is 0 Å². The monoisotopic (exact) mass is 303 g/mol. The Morgan fingerprint density at radius 2 is 2.00 bits per heavy atom. The molecule has 2 aliphatic rings. The topological polar surface area (TPSA) is 61.4 Å². The number of piperazine rings is 1. The predicted octanol–water partition coefficient (Wildman–Crippen LogP) is 1.50. The third-order valence-corrected chi connectivity index (χ3v) is 4.43. The van der Waals surface area contributed by atoms with Crippen LogP contribution in [0.2, 0.25) is 5.15 Å². The first-order valence-electron chi connectivity index (χ1n) is 6.94. The van der Waals surface area contributed by atoms with Crippen LogP contribution in [-0.4, -0.2) is 53.3 Å². The molecule has 2 aromatic rings. The van der Waals surface area contributed by atoms with Crippen LogP contribution in [0.4, 0.5) is 10.6 Å². The smallest absolute Gasteiger partial charge is 0.317 e. The minimum absolute atomic E-state index is 0.0340. The van der Waals surface area contributed by atoms with Crippen LogP contribution in [0.25, 0.3) is 10.8 Å². The molecular weight excluding hydrogens is 290 g/mol. The van der Waals surface area contributed by atoms with Crippen molar-refractivity contribution in [1.82, 2.24) is 20.4 Å². The number of aromatic nitrogens is 2. The molecule has 0 spiro atoms. The summed E-state index contributed by atoms with van der Waals surface area (Å²) in [5, 5.41) is 13.6. The molecule has 4 rings (SSSR count). The van der Waals surface area contributed by atoms with Gasteiger partial charge in [0.05, 0.1) is 6.04 Å². The molecule has 108 valence electrons. The van der Waals surface area contributed by atoms with Crippen LogP contribution in [0.5, 0.6) is 0 Å². The number of halogens is 1. The summed E-state index contributed by atoms with van der Waals surface area (Å²) in [6.07, 6.45) is 0. The van der Waals surface area contributed by atoms with Gasteiger partial charge in [0.1, 0.15) is 0 Å². The minimum Gasteiger partial charge on any atom is -0.351 e. The van der Waals surface area contributed by atoms with Crippen LogP contribution in [0, 0.1) is 0 Å². The van der Waals surface area contributed by atoms with Gasteiger partial charge in [-0.15, -0.1) is 10.2 Å². The Hall–Kier alpha value is -2.08. The predicted molar refractivity (Wildman–Crippen MR) is 80.7 cm³/mol. The van der Waals surface area contributed by atoms with E-state index in [1.165, 1.54) is 0 Å². The standard InChI is InChI=1S/C14H14ClN5O/c15-12-10-3-1-2-4-11(10)13(18-17-12)19-5-6-20-9(8-19)7-16-14(20)21/h1-4,9H,5-8H2,(H,16,21). The van der Waals surface area contributed by atoms with E-state index >= 15 is 0 Å². The first-order valence-corrected chi connectivity index (χ1v) is 7.32. The zero-order valence-electron chi connectivity index (χ0n) is 11.3. The van der Waals surface area contributed by atoms with E-state index in [0.717, 1.165) is 29.7 Å². The molecular formula is C14H14ClN5O. The molecule has 7 heteroatoms. The van der Waals surface area contributed by atoms with Gasteiger partial charge >= 0.3 is 6.03 Å². The summed E-state index contributed by atoms with van der Waals surface area (Å²) >= 11 is 6.12. The summed E-state index contributed by atoms with van der Waals surface area (Å²) in [5.41, 5.74) is 0. The third kappa shape index (κ3) is 1.98. The highest BCUT2D eigenvalue weighted by Crippen LogP contribution is 2.29. The van der Waals surface area contributed by atoms with Crippen molar-refractivity contribution in [3.8, 4) is 0 Å². The largest absolute Gasteiger partial charge is 0.351 e. The highest BCUT2D eigenvalue weighted by atomic mass is 35.5. The second kappa shape index (κ2) is 4.73. The van der Waals surface area contributed by atoms with Crippen LogP contribution < -0.4 is 10.2 Å². The van der Waals surface area contributed by atoms with Gasteiger partial charge < -0.3 is 15.1 Å². The van der Waals surface area contributed by atoms with Crippen molar-refractivity contribution in [3.05, 3.63) is 29.4 Å². The van der Waals surface area contributed by atoms with E-state index in [9.17, 15) is 4.79 Å². The number of hydrogen-bond donors (Lipinski definition) is 1. The van der Waals surface area contributed by atoms with E-state index in [0.29, 0.717) is 18.2 Å². The molecule has 6 nitrogen and oxygen atoms in total. The van der Waals surface area contributed by atoms with Crippen molar-refractivity contribution < 1.29 is 4.79 Å². The molecule has 0 aliphatic carbocycles. The van der Waals surface area contributed by atoms with Crippen molar-refractivity contribution in [2.24, 2.45) is 0 Å². The molecule has 2 fully saturated rings. The first-order chi connectivity index (χ1) is 10.2. The van der Waals surface area contributed by atoms with E-state index in [2.05, 4.69) is 20.4 Å². The van der Waals surface area contributed by atoms with Gasteiger partial charge in [0.2, 0.25) is 0 Å². The molecule has 2 aliphatic heterocycles. The van der Waals surface area contributed by atoms with Crippen molar-refractivity contribution in [3.63, 3.8) is 0 Å². The van der Waals surface area contributed by atoms with E-state index in [-0.39, 0.29) is 12.1 Å². The maximum atomic E-state index is 11.7. The number of anilines is 1. The van der Waals surface area contributed by atoms with Crippen molar-refractivity contribution in [2.75, 3.05) is 31.1 Å². The number of carbonyl (C=O) groups is 1. The Morgan fingerprint density at radius 3 is 2.86 bits per heavy atom. The van der Waals surface area contributed by atoms with E-state index < -0.39 is 0 Å². The van der Waals surface area contributed by atoms with Gasteiger partial charge in [-0.2, -0.15) is 0 Å². The van der Waals surface area contributed by atoms with Crippen LogP contribution in [-0.2, 0) is 0 Å². The molecule has 1 N–H and O–H groups in total. The van der Waals surface area contributed by atoms with Crippen LogP contribution in [0.3, 0.4) is 0 Å². The van der Waals surface area contributed by atoms with Crippen molar-refractivity contribution in [1.29, 1.82) is 0 Å². The number of carbonyl (C=O) groups excluding carboxylic acids is 1. The van der Waals surface area contributed by atoms with E-state index in [1.807, 2.05) is 29.2 Å². The maximum Gasteiger partial charge on any atom is 0.317 e. The molecule has 2 saturated heterocycles. The lowest BCUT2D eigenvalue weighted by Gasteiger charge is -2.37. The fourth-order valence-corrected chi connectivity index (χ4v) is 3.29. The number of urea groups is 1. The van der Waals surface area contributed by atoms with Gasteiger partial charge in [-0.25, -0.2) is 4.79 Å². The molecule has 0 radical (unpaired) electrons. The Balaban J connectivity index is 1.71. The Morgan fingerprint density at radius 1 is 1.19 bits per heavy atom. The van der Waals surface area contributed by atoms with Gasteiger partial charge in [0.15, 0.2) is 11.0 Å². The summed E-state index contributed by atoms with van der Waals surface area (Å²) in [4.78, 5) is 15.7. The summed E-state index contributed by atoms with van der Waals surface area (Å²) in [5.74, 6) is 0.842. The summed E-state index contributed by atoms with van der Waals surface area (Å²) in [6, 6.07) is 8.11. The first kappa shape index (κ1) is 12.6. The minimum atomic E-state index is 0.0340. The fraction of sp³-hybridized carbons (Fsp3) is 0.357. The van der Waals surface area contributed by atoms with Gasteiger partial charge in [0, 0.05) is 37.0 Å².